The summed E-state index contributed by atoms with van der Waals surface area (Å²) in [6, 6.07) is 12.3. The maximum absolute atomic E-state index is 12.5. The number of hydrogen-bond acceptors (Lipinski definition) is 3. The summed E-state index contributed by atoms with van der Waals surface area (Å²) in [6.45, 7) is 4.35. The first-order valence-corrected chi connectivity index (χ1v) is 9.26. The average molecular weight is 337 g/mol. The zero-order valence-electron chi connectivity index (χ0n) is 15.1. The minimum absolute atomic E-state index is 0.0762. The third-order valence-electron chi connectivity index (χ3n) is 4.79. The van der Waals surface area contributed by atoms with Gasteiger partial charge < -0.3 is 10.6 Å². The molecule has 0 unspecified atom stereocenters. The molecular formula is C21H27N3O. The molecule has 2 N–H and O–H groups in total. The van der Waals surface area contributed by atoms with Crippen molar-refractivity contribution < 1.29 is 4.79 Å². The Hall–Kier alpha value is -2.36. The van der Waals surface area contributed by atoms with Crippen LogP contribution in [-0.2, 0) is 0 Å². The van der Waals surface area contributed by atoms with Crippen LogP contribution in [0.15, 0.2) is 42.6 Å². The van der Waals surface area contributed by atoms with E-state index in [0.717, 1.165) is 24.2 Å². The van der Waals surface area contributed by atoms with E-state index >= 15 is 0 Å². The molecule has 0 atom stereocenters. The van der Waals surface area contributed by atoms with Crippen LogP contribution in [0.1, 0.15) is 67.9 Å². The van der Waals surface area contributed by atoms with E-state index in [-0.39, 0.29) is 5.91 Å². The predicted octanol–water partition coefficient (Wildman–Crippen LogP) is 5.01. The summed E-state index contributed by atoms with van der Waals surface area (Å²) in [5.74, 6) is 0.354. The van der Waals surface area contributed by atoms with Crippen molar-refractivity contribution in [3.63, 3.8) is 0 Å². The van der Waals surface area contributed by atoms with Gasteiger partial charge in [-0.25, -0.2) is 0 Å². The van der Waals surface area contributed by atoms with Crippen LogP contribution in [-0.4, -0.2) is 16.9 Å². The molecule has 132 valence electrons. The van der Waals surface area contributed by atoms with E-state index in [0.29, 0.717) is 17.7 Å². The number of amides is 1. The van der Waals surface area contributed by atoms with Crippen molar-refractivity contribution in [2.24, 2.45) is 0 Å². The Balaban J connectivity index is 1.72. The molecule has 4 nitrogen and oxygen atoms in total. The van der Waals surface area contributed by atoms with Crippen LogP contribution in [0.25, 0.3) is 0 Å². The first-order chi connectivity index (χ1) is 12.1. The lowest BCUT2D eigenvalue weighted by molar-refractivity contribution is 0.0922. The van der Waals surface area contributed by atoms with Gasteiger partial charge in [0, 0.05) is 23.6 Å². The second-order valence-corrected chi connectivity index (χ2v) is 7.11. The van der Waals surface area contributed by atoms with Gasteiger partial charge in [-0.3, -0.25) is 9.78 Å². The quantitative estimate of drug-likeness (QED) is 0.806. The fourth-order valence-corrected chi connectivity index (χ4v) is 3.41. The number of anilines is 2. The van der Waals surface area contributed by atoms with Gasteiger partial charge in [0.05, 0.1) is 0 Å². The van der Waals surface area contributed by atoms with Gasteiger partial charge in [0.15, 0.2) is 0 Å². The molecule has 25 heavy (non-hydrogen) atoms. The molecule has 0 saturated heterocycles. The van der Waals surface area contributed by atoms with Crippen molar-refractivity contribution in [1.29, 1.82) is 0 Å². The molecular weight excluding hydrogens is 310 g/mol. The summed E-state index contributed by atoms with van der Waals surface area (Å²) >= 11 is 0. The smallest absolute Gasteiger partial charge is 0.270 e. The number of nitrogens with zero attached hydrogens (tertiary/aromatic N) is 1. The van der Waals surface area contributed by atoms with E-state index in [1.807, 2.05) is 18.2 Å². The maximum Gasteiger partial charge on any atom is 0.270 e. The Labute approximate surface area is 150 Å². The zero-order chi connectivity index (χ0) is 17.6. The fourth-order valence-electron chi connectivity index (χ4n) is 3.41. The fraction of sp³-hybridized carbons (Fsp3) is 0.429. The van der Waals surface area contributed by atoms with Crippen molar-refractivity contribution in [2.45, 2.75) is 57.9 Å². The van der Waals surface area contributed by atoms with Crippen LogP contribution in [0.5, 0.6) is 0 Å². The van der Waals surface area contributed by atoms with Gasteiger partial charge in [0.25, 0.3) is 5.91 Å². The molecule has 2 aromatic rings. The van der Waals surface area contributed by atoms with Crippen molar-refractivity contribution in [2.75, 3.05) is 5.32 Å². The van der Waals surface area contributed by atoms with Crippen LogP contribution in [0, 0.1) is 0 Å². The lowest BCUT2D eigenvalue weighted by Gasteiger charge is -2.22. The molecule has 0 radical (unpaired) electrons. The molecule has 1 aliphatic rings. The Kier molecular flexibility index (Phi) is 5.69. The van der Waals surface area contributed by atoms with E-state index in [1.54, 1.807) is 6.20 Å². The zero-order valence-corrected chi connectivity index (χ0v) is 15.1. The minimum atomic E-state index is -0.0762. The summed E-state index contributed by atoms with van der Waals surface area (Å²) in [7, 11) is 0. The summed E-state index contributed by atoms with van der Waals surface area (Å²) in [6.07, 6.45) is 7.52. The minimum Gasteiger partial charge on any atom is -0.355 e. The Bertz CT molecular complexity index is 721. The normalized spacial score (nSPS) is 15.2. The third kappa shape index (κ3) is 4.59. The lowest BCUT2D eigenvalue weighted by Crippen LogP contribution is -2.36. The molecule has 1 heterocycles. The Morgan fingerprint density at radius 1 is 1.12 bits per heavy atom. The van der Waals surface area contributed by atoms with Gasteiger partial charge in [-0.15, -0.1) is 0 Å². The summed E-state index contributed by atoms with van der Waals surface area (Å²) in [5.41, 5.74) is 3.68. The highest BCUT2D eigenvalue weighted by Crippen LogP contribution is 2.27. The van der Waals surface area contributed by atoms with Crippen LogP contribution in [0.2, 0.25) is 0 Å². The second-order valence-electron chi connectivity index (χ2n) is 7.11. The molecule has 1 aliphatic carbocycles. The first kappa shape index (κ1) is 17.5. The van der Waals surface area contributed by atoms with Gasteiger partial charge in [-0.2, -0.15) is 0 Å². The van der Waals surface area contributed by atoms with Crippen LogP contribution >= 0.6 is 0 Å². The molecule has 1 saturated carbocycles. The SMILES string of the molecule is CC(C)c1ccccc1Nc1ccnc(C(=O)NC2CCCCC2)c1. The Morgan fingerprint density at radius 3 is 2.64 bits per heavy atom. The number of hydrogen-bond donors (Lipinski definition) is 2. The standard InChI is InChI=1S/C21H27N3O/c1-15(2)18-10-6-7-11-19(18)23-17-12-13-22-20(14-17)21(25)24-16-8-4-3-5-9-16/h6-7,10-16H,3-5,8-9H2,1-2H3,(H,22,23)(H,24,25). The molecule has 1 aromatic carbocycles. The molecule has 0 bridgehead atoms. The highest BCUT2D eigenvalue weighted by molar-refractivity contribution is 5.93. The van der Waals surface area contributed by atoms with E-state index in [4.69, 9.17) is 0 Å². The van der Waals surface area contributed by atoms with E-state index in [9.17, 15) is 4.79 Å². The number of carbonyl (C=O) groups excluding carboxylic acids is 1. The third-order valence-corrected chi connectivity index (χ3v) is 4.79. The van der Waals surface area contributed by atoms with Gasteiger partial charge in [-0.05, 0) is 42.5 Å². The van der Waals surface area contributed by atoms with Gasteiger partial charge in [0.2, 0.25) is 0 Å². The maximum atomic E-state index is 12.5. The number of nitrogens with one attached hydrogen (secondary N) is 2. The molecule has 3 rings (SSSR count). The molecule has 1 fully saturated rings. The topological polar surface area (TPSA) is 54.0 Å². The molecule has 0 spiro atoms. The van der Waals surface area contributed by atoms with Crippen molar-refractivity contribution in [3.05, 3.63) is 53.9 Å². The number of pyridine rings is 1. The van der Waals surface area contributed by atoms with Gasteiger partial charge in [-0.1, -0.05) is 51.3 Å². The number of para-hydroxylation sites is 1. The lowest BCUT2D eigenvalue weighted by atomic mass is 9.95. The van der Waals surface area contributed by atoms with E-state index in [2.05, 4.69) is 47.7 Å². The number of benzene rings is 1. The average Bonchev–Trinajstić information content (AvgIpc) is 2.63. The molecule has 1 amide bonds. The number of aromatic nitrogens is 1. The second kappa shape index (κ2) is 8.15. The highest BCUT2D eigenvalue weighted by atomic mass is 16.1. The van der Waals surface area contributed by atoms with Crippen LogP contribution in [0.3, 0.4) is 0 Å². The molecule has 0 aliphatic heterocycles. The highest BCUT2D eigenvalue weighted by Gasteiger charge is 2.17. The summed E-state index contributed by atoms with van der Waals surface area (Å²) in [5, 5.41) is 6.56. The van der Waals surface area contributed by atoms with E-state index in [1.165, 1.54) is 24.8 Å². The van der Waals surface area contributed by atoms with E-state index < -0.39 is 0 Å². The van der Waals surface area contributed by atoms with Gasteiger partial charge >= 0.3 is 0 Å². The van der Waals surface area contributed by atoms with Crippen LogP contribution < -0.4 is 10.6 Å². The monoisotopic (exact) mass is 337 g/mol. The van der Waals surface area contributed by atoms with Gasteiger partial charge in [0.1, 0.15) is 5.69 Å². The summed E-state index contributed by atoms with van der Waals surface area (Å²) < 4.78 is 0. The van der Waals surface area contributed by atoms with Crippen molar-refractivity contribution in [3.8, 4) is 0 Å². The number of carbonyl (C=O) groups is 1. The molecule has 1 aromatic heterocycles. The largest absolute Gasteiger partial charge is 0.355 e. The first-order valence-electron chi connectivity index (χ1n) is 9.26. The van der Waals surface area contributed by atoms with Crippen molar-refractivity contribution >= 4 is 17.3 Å². The summed E-state index contributed by atoms with van der Waals surface area (Å²) in [4.78, 5) is 16.7. The molecule has 4 heteroatoms. The predicted molar refractivity (Wildman–Crippen MR) is 102 cm³/mol. The van der Waals surface area contributed by atoms with Crippen LogP contribution in [0.4, 0.5) is 11.4 Å². The number of rotatable bonds is 5. The Morgan fingerprint density at radius 2 is 1.88 bits per heavy atom. The van der Waals surface area contributed by atoms with Crippen molar-refractivity contribution in [1.82, 2.24) is 10.3 Å².